The number of esters is 1. The van der Waals surface area contributed by atoms with Gasteiger partial charge in [0, 0.05) is 25.9 Å². The van der Waals surface area contributed by atoms with Crippen molar-refractivity contribution in [2.45, 2.75) is 72.5 Å². The maximum Gasteiger partial charge on any atom is 0.410 e. The van der Waals surface area contributed by atoms with Crippen molar-refractivity contribution >= 4 is 12.1 Å². The van der Waals surface area contributed by atoms with Gasteiger partial charge in [0.1, 0.15) is 11.7 Å². The molecular weight excluding hydrogens is 270 g/mol. The molecule has 21 heavy (non-hydrogen) atoms. The van der Waals surface area contributed by atoms with Crippen molar-refractivity contribution in [3.8, 4) is 0 Å². The van der Waals surface area contributed by atoms with Crippen LogP contribution in [-0.4, -0.2) is 41.8 Å². The molecule has 0 atom stereocenters. The molecule has 0 aromatic carbocycles. The van der Waals surface area contributed by atoms with Crippen molar-refractivity contribution in [3.63, 3.8) is 0 Å². The SMILES string of the molecule is CCC(C)(C)C(=O)OC1CCN(C(=O)OC(C)(C)C)CC1. The fourth-order valence-electron chi connectivity index (χ4n) is 1.94. The molecule has 1 rings (SSSR count). The zero-order chi connectivity index (χ0) is 16.3. The van der Waals surface area contributed by atoms with E-state index in [0.29, 0.717) is 25.9 Å². The Balaban J connectivity index is 2.42. The van der Waals surface area contributed by atoms with Crippen LogP contribution in [-0.2, 0) is 14.3 Å². The Bertz CT molecular complexity index is 376. The van der Waals surface area contributed by atoms with E-state index in [2.05, 4.69) is 0 Å². The first kappa shape index (κ1) is 17.8. The second-order valence-corrected chi connectivity index (χ2v) is 7.31. The molecule has 0 N–H and O–H groups in total. The van der Waals surface area contributed by atoms with Crippen molar-refractivity contribution in [1.29, 1.82) is 0 Å². The number of carbonyl (C=O) groups is 2. The minimum Gasteiger partial charge on any atom is -0.462 e. The first-order valence-corrected chi connectivity index (χ1v) is 7.74. The minimum atomic E-state index is -0.481. The molecule has 0 radical (unpaired) electrons. The van der Waals surface area contributed by atoms with E-state index >= 15 is 0 Å². The van der Waals surface area contributed by atoms with Gasteiger partial charge in [-0.15, -0.1) is 0 Å². The summed E-state index contributed by atoms with van der Waals surface area (Å²) in [6, 6.07) is 0. The lowest BCUT2D eigenvalue weighted by molar-refractivity contribution is -0.161. The molecule has 0 aromatic rings. The molecule has 5 nitrogen and oxygen atoms in total. The van der Waals surface area contributed by atoms with Crippen molar-refractivity contribution in [3.05, 3.63) is 0 Å². The van der Waals surface area contributed by atoms with Crippen LogP contribution in [0.5, 0.6) is 0 Å². The van der Waals surface area contributed by atoms with E-state index < -0.39 is 11.0 Å². The summed E-state index contributed by atoms with van der Waals surface area (Å²) in [5, 5.41) is 0. The Kier molecular flexibility index (Phi) is 5.65. The van der Waals surface area contributed by atoms with Crippen LogP contribution in [0, 0.1) is 5.41 Å². The summed E-state index contributed by atoms with van der Waals surface area (Å²) in [6.45, 7) is 12.5. The molecule has 1 saturated heterocycles. The maximum atomic E-state index is 12.0. The number of likely N-dealkylation sites (tertiary alicyclic amines) is 1. The summed E-state index contributed by atoms with van der Waals surface area (Å²) in [5.41, 5.74) is -0.923. The van der Waals surface area contributed by atoms with Crippen LogP contribution >= 0.6 is 0 Å². The molecule has 1 heterocycles. The van der Waals surface area contributed by atoms with Gasteiger partial charge in [-0.05, 0) is 41.0 Å². The van der Waals surface area contributed by atoms with Gasteiger partial charge in [0.25, 0.3) is 0 Å². The molecule has 0 bridgehead atoms. The van der Waals surface area contributed by atoms with Gasteiger partial charge >= 0.3 is 12.1 Å². The van der Waals surface area contributed by atoms with Crippen LogP contribution in [0.3, 0.4) is 0 Å². The molecule has 1 aliphatic heterocycles. The number of ether oxygens (including phenoxy) is 2. The van der Waals surface area contributed by atoms with Crippen molar-refractivity contribution in [2.24, 2.45) is 5.41 Å². The largest absolute Gasteiger partial charge is 0.462 e. The molecule has 122 valence electrons. The number of hydrogen-bond acceptors (Lipinski definition) is 4. The van der Waals surface area contributed by atoms with Gasteiger partial charge in [-0.1, -0.05) is 6.92 Å². The number of rotatable bonds is 3. The third kappa shape index (κ3) is 5.56. The fraction of sp³-hybridized carbons (Fsp3) is 0.875. The first-order valence-electron chi connectivity index (χ1n) is 7.74. The van der Waals surface area contributed by atoms with E-state index in [0.717, 1.165) is 6.42 Å². The summed E-state index contributed by atoms with van der Waals surface area (Å²) >= 11 is 0. The van der Waals surface area contributed by atoms with E-state index in [-0.39, 0.29) is 18.2 Å². The van der Waals surface area contributed by atoms with E-state index in [9.17, 15) is 9.59 Å². The predicted octanol–water partition coefficient (Wildman–Crippen LogP) is 3.37. The average Bonchev–Trinajstić information content (AvgIpc) is 2.37. The number of amides is 1. The fourth-order valence-corrected chi connectivity index (χ4v) is 1.94. The normalized spacial score (nSPS) is 17.5. The second-order valence-electron chi connectivity index (χ2n) is 7.31. The highest BCUT2D eigenvalue weighted by Crippen LogP contribution is 2.25. The van der Waals surface area contributed by atoms with E-state index in [1.165, 1.54) is 0 Å². The monoisotopic (exact) mass is 299 g/mol. The minimum absolute atomic E-state index is 0.0954. The average molecular weight is 299 g/mol. The molecule has 1 fully saturated rings. The highest BCUT2D eigenvalue weighted by atomic mass is 16.6. The second kappa shape index (κ2) is 6.67. The van der Waals surface area contributed by atoms with Crippen molar-refractivity contribution < 1.29 is 19.1 Å². The molecule has 1 amide bonds. The topological polar surface area (TPSA) is 55.8 Å². The van der Waals surface area contributed by atoms with Gasteiger partial charge in [0.2, 0.25) is 0 Å². The molecule has 1 aliphatic rings. The lowest BCUT2D eigenvalue weighted by Crippen LogP contribution is -2.44. The zero-order valence-corrected chi connectivity index (χ0v) is 14.2. The summed E-state index contributed by atoms with van der Waals surface area (Å²) in [7, 11) is 0. The quantitative estimate of drug-likeness (QED) is 0.750. The maximum absolute atomic E-state index is 12.0. The third-order valence-electron chi connectivity index (χ3n) is 3.80. The predicted molar refractivity (Wildman–Crippen MR) is 81.0 cm³/mol. The Morgan fingerprint density at radius 3 is 2.05 bits per heavy atom. The summed E-state index contributed by atoms with van der Waals surface area (Å²) < 4.78 is 10.9. The lowest BCUT2D eigenvalue weighted by atomic mass is 9.90. The molecule has 0 saturated carbocycles. The smallest absolute Gasteiger partial charge is 0.410 e. The standard InChI is InChI=1S/C16H29NO4/c1-7-16(5,6)13(18)20-12-8-10-17(11-9-12)14(19)21-15(2,3)4/h12H,7-11H2,1-6H3. The Hall–Kier alpha value is -1.26. The highest BCUT2D eigenvalue weighted by molar-refractivity contribution is 5.76. The number of hydrogen-bond donors (Lipinski definition) is 0. The van der Waals surface area contributed by atoms with Crippen LogP contribution in [0.25, 0.3) is 0 Å². The Labute approximate surface area is 128 Å². The number of carbonyl (C=O) groups excluding carboxylic acids is 2. The van der Waals surface area contributed by atoms with E-state index in [4.69, 9.17) is 9.47 Å². The Morgan fingerprint density at radius 1 is 1.10 bits per heavy atom. The molecule has 0 unspecified atom stereocenters. The Morgan fingerprint density at radius 2 is 1.62 bits per heavy atom. The van der Waals surface area contributed by atoms with Gasteiger partial charge in [-0.25, -0.2) is 4.79 Å². The molecule has 0 aromatic heterocycles. The van der Waals surface area contributed by atoms with E-state index in [1.54, 1.807) is 4.90 Å². The summed E-state index contributed by atoms with van der Waals surface area (Å²) in [5.74, 6) is -0.152. The summed E-state index contributed by atoms with van der Waals surface area (Å²) in [6.07, 6.45) is 1.71. The van der Waals surface area contributed by atoms with Gasteiger partial charge in [0.15, 0.2) is 0 Å². The van der Waals surface area contributed by atoms with Crippen LogP contribution in [0.2, 0.25) is 0 Å². The number of piperidine rings is 1. The third-order valence-corrected chi connectivity index (χ3v) is 3.80. The summed E-state index contributed by atoms with van der Waals surface area (Å²) in [4.78, 5) is 25.7. The molecule has 5 heteroatoms. The van der Waals surface area contributed by atoms with Crippen LogP contribution < -0.4 is 0 Å². The molecule has 0 spiro atoms. The zero-order valence-electron chi connectivity index (χ0n) is 14.2. The van der Waals surface area contributed by atoms with Crippen LogP contribution in [0.15, 0.2) is 0 Å². The highest BCUT2D eigenvalue weighted by Gasteiger charge is 2.32. The number of nitrogens with zero attached hydrogens (tertiary/aromatic N) is 1. The lowest BCUT2D eigenvalue weighted by Gasteiger charge is -2.34. The van der Waals surface area contributed by atoms with Gasteiger partial charge < -0.3 is 14.4 Å². The van der Waals surface area contributed by atoms with Gasteiger partial charge in [-0.2, -0.15) is 0 Å². The van der Waals surface area contributed by atoms with Crippen molar-refractivity contribution in [2.75, 3.05) is 13.1 Å². The van der Waals surface area contributed by atoms with Crippen LogP contribution in [0.1, 0.15) is 60.8 Å². The van der Waals surface area contributed by atoms with Crippen molar-refractivity contribution in [1.82, 2.24) is 4.90 Å². The van der Waals surface area contributed by atoms with Gasteiger partial charge in [-0.3, -0.25) is 4.79 Å². The molecule has 0 aliphatic carbocycles. The molecular formula is C16H29NO4. The van der Waals surface area contributed by atoms with Crippen LogP contribution in [0.4, 0.5) is 4.79 Å². The van der Waals surface area contributed by atoms with Gasteiger partial charge in [0.05, 0.1) is 5.41 Å². The first-order chi connectivity index (χ1) is 9.55. The van der Waals surface area contributed by atoms with E-state index in [1.807, 2.05) is 41.5 Å².